The Morgan fingerprint density at radius 3 is 2.86 bits per heavy atom. The third kappa shape index (κ3) is 3.90. The predicted octanol–water partition coefficient (Wildman–Crippen LogP) is 2.47. The first-order valence-corrected chi connectivity index (χ1v) is 7.71. The van der Waals surface area contributed by atoms with Crippen LogP contribution in [0.4, 0.5) is 10.8 Å². The van der Waals surface area contributed by atoms with Gasteiger partial charge in [-0.2, -0.15) is 5.10 Å². The SMILES string of the molecule is Clc1ccc(N/N=C/c2ccc(N3CCOCC3)s2)nn1. The molecule has 0 atom stereocenters. The van der Waals surface area contributed by atoms with Gasteiger partial charge >= 0.3 is 0 Å². The highest BCUT2D eigenvalue weighted by Gasteiger charge is 2.12. The number of halogens is 1. The van der Waals surface area contributed by atoms with Crippen molar-refractivity contribution in [1.82, 2.24) is 10.2 Å². The molecule has 3 rings (SSSR count). The van der Waals surface area contributed by atoms with E-state index in [0.29, 0.717) is 11.0 Å². The van der Waals surface area contributed by atoms with Gasteiger partial charge in [-0.1, -0.05) is 11.6 Å². The second-order valence-corrected chi connectivity index (χ2v) is 5.87. The van der Waals surface area contributed by atoms with Crippen molar-refractivity contribution in [2.75, 3.05) is 36.6 Å². The number of nitrogens with zero attached hydrogens (tertiary/aromatic N) is 4. The first-order chi connectivity index (χ1) is 10.3. The zero-order chi connectivity index (χ0) is 14.5. The maximum Gasteiger partial charge on any atom is 0.168 e. The number of hydrogen-bond acceptors (Lipinski definition) is 7. The van der Waals surface area contributed by atoms with Gasteiger partial charge in [-0.3, -0.25) is 5.43 Å². The summed E-state index contributed by atoms with van der Waals surface area (Å²) in [4.78, 5) is 3.40. The van der Waals surface area contributed by atoms with Crippen molar-refractivity contribution in [2.45, 2.75) is 0 Å². The summed E-state index contributed by atoms with van der Waals surface area (Å²) < 4.78 is 5.35. The maximum absolute atomic E-state index is 5.67. The van der Waals surface area contributed by atoms with E-state index >= 15 is 0 Å². The molecule has 0 radical (unpaired) electrons. The Balaban J connectivity index is 1.58. The van der Waals surface area contributed by atoms with Crippen LogP contribution in [-0.2, 0) is 4.74 Å². The predicted molar refractivity (Wildman–Crippen MR) is 85.6 cm³/mol. The molecule has 0 amide bonds. The van der Waals surface area contributed by atoms with Crippen LogP contribution in [0.1, 0.15) is 4.88 Å². The topological polar surface area (TPSA) is 62.6 Å². The molecule has 1 N–H and O–H groups in total. The summed E-state index contributed by atoms with van der Waals surface area (Å²) in [7, 11) is 0. The monoisotopic (exact) mass is 323 g/mol. The fraction of sp³-hybridized carbons (Fsp3) is 0.308. The Morgan fingerprint density at radius 1 is 1.24 bits per heavy atom. The van der Waals surface area contributed by atoms with Gasteiger partial charge in [-0.15, -0.1) is 21.5 Å². The van der Waals surface area contributed by atoms with Crippen molar-refractivity contribution in [3.05, 3.63) is 34.3 Å². The average Bonchev–Trinajstić information content (AvgIpc) is 2.99. The molecule has 1 aliphatic heterocycles. The fourth-order valence-corrected chi connectivity index (χ4v) is 2.93. The van der Waals surface area contributed by atoms with Crippen LogP contribution in [0.2, 0.25) is 5.15 Å². The molecule has 0 aliphatic carbocycles. The van der Waals surface area contributed by atoms with E-state index < -0.39 is 0 Å². The third-order valence-corrected chi connectivity index (χ3v) is 4.22. The number of ether oxygens (including phenoxy) is 1. The Labute approximate surface area is 131 Å². The van der Waals surface area contributed by atoms with Crippen molar-refractivity contribution < 1.29 is 4.74 Å². The lowest BCUT2D eigenvalue weighted by Gasteiger charge is -2.27. The molecule has 0 spiro atoms. The van der Waals surface area contributed by atoms with Crippen molar-refractivity contribution >= 4 is 40.0 Å². The van der Waals surface area contributed by atoms with Crippen LogP contribution in [-0.4, -0.2) is 42.7 Å². The number of morpholine rings is 1. The molecule has 0 aromatic carbocycles. The molecule has 1 fully saturated rings. The highest BCUT2D eigenvalue weighted by molar-refractivity contribution is 7.17. The number of aromatic nitrogens is 2. The normalized spacial score (nSPS) is 15.6. The highest BCUT2D eigenvalue weighted by atomic mass is 35.5. The maximum atomic E-state index is 5.67. The average molecular weight is 324 g/mol. The second kappa shape index (κ2) is 6.84. The number of hydrazone groups is 1. The number of rotatable bonds is 4. The van der Waals surface area contributed by atoms with Crippen LogP contribution in [0.15, 0.2) is 29.4 Å². The van der Waals surface area contributed by atoms with Crippen LogP contribution < -0.4 is 10.3 Å². The molecule has 3 heterocycles. The van der Waals surface area contributed by atoms with E-state index in [0.717, 1.165) is 31.2 Å². The van der Waals surface area contributed by atoms with Gasteiger partial charge in [0.05, 0.1) is 24.4 Å². The minimum absolute atomic E-state index is 0.359. The molecule has 21 heavy (non-hydrogen) atoms. The molecule has 0 unspecified atom stereocenters. The van der Waals surface area contributed by atoms with E-state index in [1.165, 1.54) is 5.00 Å². The summed E-state index contributed by atoms with van der Waals surface area (Å²) >= 11 is 7.37. The summed E-state index contributed by atoms with van der Waals surface area (Å²) in [5, 5.41) is 13.3. The second-order valence-electron chi connectivity index (χ2n) is 4.39. The minimum Gasteiger partial charge on any atom is -0.378 e. The molecular formula is C13H14ClN5OS. The van der Waals surface area contributed by atoms with E-state index in [-0.39, 0.29) is 0 Å². The van der Waals surface area contributed by atoms with E-state index in [9.17, 15) is 0 Å². The largest absolute Gasteiger partial charge is 0.378 e. The summed E-state index contributed by atoms with van der Waals surface area (Å²) in [5.74, 6) is 0.556. The quantitative estimate of drug-likeness (QED) is 0.692. The molecule has 6 nitrogen and oxygen atoms in total. The van der Waals surface area contributed by atoms with Crippen molar-refractivity contribution in [1.29, 1.82) is 0 Å². The Bertz CT molecular complexity index is 609. The van der Waals surface area contributed by atoms with Crippen molar-refractivity contribution in [2.24, 2.45) is 5.10 Å². The zero-order valence-electron chi connectivity index (χ0n) is 11.2. The molecule has 2 aromatic rings. The van der Waals surface area contributed by atoms with Gasteiger partial charge in [0.1, 0.15) is 0 Å². The lowest BCUT2D eigenvalue weighted by atomic mass is 10.4. The fourth-order valence-electron chi connectivity index (χ4n) is 1.90. The van der Waals surface area contributed by atoms with Crippen LogP contribution >= 0.6 is 22.9 Å². The van der Waals surface area contributed by atoms with Crippen LogP contribution in [0, 0.1) is 0 Å². The molecule has 0 saturated carbocycles. The number of nitrogens with one attached hydrogen (secondary N) is 1. The highest BCUT2D eigenvalue weighted by Crippen LogP contribution is 2.25. The summed E-state index contributed by atoms with van der Waals surface area (Å²) in [6.07, 6.45) is 1.77. The Kier molecular flexibility index (Phi) is 4.64. The first-order valence-electron chi connectivity index (χ1n) is 6.52. The lowest BCUT2D eigenvalue weighted by molar-refractivity contribution is 0.123. The van der Waals surface area contributed by atoms with Crippen LogP contribution in [0.25, 0.3) is 0 Å². The molecule has 0 bridgehead atoms. The van der Waals surface area contributed by atoms with Crippen LogP contribution in [0.3, 0.4) is 0 Å². The van der Waals surface area contributed by atoms with Gasteiger partial charge in [0, 0.05) is 18.0 Å². The van der Waals surface area contributed by atoms with Gasteiger partial charge < -0.3 is 9.64 Å². The lowest BCUT2D eigenvalue weighted by Crippen LogP contribution is -2.35. The summed E-state index contributed by atoms with van der Waals surface area (Å²) in [6.45, 7) is 3.46. The van der Waals surface area contributed by atoms with E-state index in [4.69, 9.17) is 16.3 Å². The standard InChI is InChI=1S/C13H14ClN5OS/c14-11-2-3-12(18-16-11)17-15-9-10-1-4-13(21-10)19-5-7-20-8-6-19/h1-4,9H,5-8H2,(H,17,18)/b15-9+. The molecule has 110 valence electrons. The molecule has 1 saturated heterocycles. The van der Waals surface area contributed by atoms with Gasteiger partial charge in [-0.25, -0.2) is 0 Å². The minimum atomic E-state index is 0.359. The van der Waals surface area contributed by atoms with Gasteiger partial charge in [0.2, 0.25) is 0 Å². The van der Waals surface area contributed by atoms with Gasteiger partial charge in [0.25, 0.3) is 0 Å². The number of thiophene rings is 1. The smallest absolute Gasteiger partial charge is 0.168 e. The molecule has 8 heteroatoms. The molecule has 1 aliphatic rings. The number of anilines is 2. The van der Waals surface area contributed by atoms with Crippen molar-refractivity contribution in [3.8, 4) is 0 Å². The molecular weight excluding hydrogens is 310 g/mol. The van der Waals surface area contributed by atoms with Gasteiger partial charge in [0.15, 0.2) is 11.0 Å². The summed E-state index contributed by atoms with van der Waals surface area (Å²) in [6, 6.07) is 7.54. The van der Waals surface area contributed by atoms with Gasteiger partial charge in [-0.05, 0) is 24.3 Å². The first kappa shape index (κ1) is 14.2. The third-order valence-electron chi connectivity index (χ3n) is 2.94. The van der Waals surface area contributed by atoms with E-state index in [1.807, 2.05) is 6.07 Å². The molecule has 2 aromatic heterocycles. The summed E-state index contributed by atoms with van der Waals surface area (Å²) in [5.41, 5.74) is 2.82. The van der Waals surface area contributed by atoms with Crippen molar-refractivity contribution in [3.63, 3.8) is 0 Å². The van der Waals surface area contributed by atoms with E-state index in [1.54, 1.807) is 29.7 Å². The Morgan fingerprint density at radius 2 is 2.10 bits per heavy atom. The van der Waals surface area contributed by atoms with E-state index in [2.05, 4.69) is 31.7 Å². The zero-order valence-corrected chi connectivity index (χ0v) is 12.8. The van der Waals surface area contributed by atoms with Crippen LogP contribution in [0.5, 0.6) is 0 Å². The number of hydrogen-bond donors (Lipinski definition) is 1. The Hall–Kier alpha value is -1.70.